The maximum absolute atomic E-state index is 7.52. The Morgan fingerprint density at radius 2 is 2.39 bits per heavy atom. The smallest absolute Gasteiger partial charge is 0.217 e. The third-order valence-electron chi connectivity index (χ3n) is 2.94. The lowest BCUT2D eigenvalue weighted by molar-refractivity contribution is -0.398. The van der Waals surface area contributed by atoms with E-state index in [4.69, 9.17) is 11.1 Å². The summed E-state index contributed by atoms with van der Waals surface area (Å²) >= 11 is 0. The van der Waals surface area contributed by atoms with Gasteiger partial charge in [0.25, 0.3) is 0 Å². The van der Waals surface area contributed by atoms with Crippen molar-refractivity contribution in [1.29, 1.82) is 5.41 Å². The molecular formula is C11H19N7. The minimum Gasteiger partial charge on any atom is -0.335 e. The van der Waals surface area contributed by atoms with Crippen LogP contribution in [0.3, 0.4) is 0 Å². The summed E-state index contributed by atoms with van der Waals surface area (Å²) in [5, 5.41) is 10.8. The molecule has 0 unspecified atom stereocenters. The minimum atomic E-state index is 0.360. The van der Waals surface area contributed by atoms with Gasteiger partial charge >= 0.3 is 0 Å². The number of aliphatic imine (C=N–C) groups is 2. The quantitative estimate of drug-likeness (QED) is 0.483. The van der Waals surface area contributed by atoms with E-state index in [1.54, 1.807) is 6.21 Å². The van der Waals surface area contributed by atoms with E-state index in [1.165, 1.54) is 0 Å². The second kappa shape index (κ2) is 6.25. The van der Waals surface area contributed by atoms with E-state index < -0.39 is 0 Å². The van der Waals surface area contributed by atoms with Gasteiger partial charge in [-0.25, -0.2) is 9.98 Å². The van der Waals surface area contributed by atoms with Crippen LogP contribution in [0.2, 0.25) is 0 Å². The van der Waals surface area contributed by atoms with Gasteiger partial charge in [0.1, 0.15) is 0 Å². The van der Waals surface area contributed by atoms with Crippen LogP contribution < -0.4 is 5.32 Å². The molecule has 0 saturated heterocycles. The molecule has 0 amide bonds. The maximum Gasteiger partial charge on any atom is 0.217 e. The van der Waals surface area contributed by atoms with Crippen molar-refractivity contribution >= 4 is 24.3 Å². The molecule has 0 aromatic carbocycles. The topological polar surface area (TPSA) is 90.6 Å². The molecule has 0 saturated carbocycles. The van der Waals surface area contributed by atoms with Crippen LogP contribution >= 0.6 is 0 Å². The number of guanidine groups is 2. The highest BCUT2D eigenvalue weighted by molar-refractivity contribution is 5.92. The summed E-state index contributed by atoms with van der Waals surface area (Å²) in [5.74, 6) is 0.733. The van der Waals surface area contributed by atoms with Gasteiger partial charge in [0.2, 0.25) is 11.9 Å². The van der Waals surface area contributed by atoms with Crippen molar-refractivity contribution in [3.05, 3.63) is 5.73 Å². The predicted octanol–water partition coefficient (Wildman–Crippen LogP) is -0.208. The average molecular weight is 249 g/mol. The van der Waals surface area contributed by atoms with Gasteiger partial charge < -0.3 is 14.8 Å². The number of nitrogens with one attached hydrogen (secondary N) is 3. The second-order valence-electron chi connectivity index (χ2n) is 4.23. The van der Waals surface area contributed by atoms with Gasteiger partial charge in [-0.05, 0) is 13.0 Å². The molecule has 0 aromatic rings. The van der Waals surface area contributed by atoms with E-state index in [-0.39, 0.29) is 0 Å². The van der Waals surface area contributed by atoms with Crippen molar-refractivity contribution in [2.75, 3.05) is 39.3 Å². The molecule has 0 atom stereocenters. The fourth-order valence-corrected chi connectivity index (χ4v) is 1.90. The predicted molar refractivity (Wildman–Crippen MR) is 73.1 cm³/mol. The van der Waals surface area contributed by atoms with E-state index in [0.29, 0.717) is 18.5 Å². The van der Waals surface area contributed by atoms with Crippen LogP contribution in [0, 0.1) is 5.41 Å². The summed E-state index contributed by atoms with van der Waals surface area (Å²) < 4.78 is 1.88. The zero-order valence-electron chi connectivity index (χ0n) is 10.4. The Bertz CT molecular complexity index is 396. The van der Waals surface area contributed by atoms with Gasteiger partial charge in [0.15, 0.2) is 0 Å². The normalized spacial score (nSPS) is 18.4. The molecule has 0 spiro atoms. The van der Waals surface area contributed by atoms with Crippen molar-refractivity contribution < 1.29 is 4.58 Å². The van der Waals surface area contributed by atoms with Gasteiger partial charge in [-0.1, -0.05) is 0 Å². The molecule has 0 fully saturated rings. The Hall–Kier alpha value is -1.76. The Labute approximate surface area is 107 Å². The number of rotatable bonds is 7. The van der Waals surface area contributed by atoms with Gasteiger partial charge in [-0.2, -0.15) is 0 Å². The molecule has 18 heavy (non-hydrogen) atoms. The first-order valence-electron chi connectivity index (χ1n) is 6.20. The summed E-state index contributed by atoms with van der Waals surface area (Å²) in [6.07, 6.45) is 4.70. The van der Waals surface area contributed by atoms with Crippen LogP contribution in [0.25, 0.3) is 5.73 Å². The molecule has 0 aromatic heterocycles. The summed E-state index contributed by atoms with van der Waals surface area (Å²) in [4.78, 5) is 9.81. The third-order valence-corrected chi connectivity index (χ3v) is 2.94. The molecule has 7 nitrogen and oxygen atoms in total. The summed E-state index contributed by atoms with van der Waals surface area (Å²) in [5.41, 5.74) is 7.52. The van der Waals surface area contributed by atoms with Gasteiger partial charge in [-0.3, -0.25) is 11.1 Å². The lowest BCUT2D eigenvalue weighted by atomic mass is 10.4. The zero-order chi connectivity index (χ0) is 12.8. The fraction of sp³-hybridized carbons (Fsp3) is 0.636. The summed E-state index contributed by atoms with van der Waals surface area (Å²) in [6, 6.07) is 0. The van der Waals surface area contributed by atoms with Crippen molar-refractivity contribution in [2.24, 2.45) is 9.98 Å². The minimum absolute atomic E-state index is 0.360. The third kappa shape index (κ3) is 3.36. The molecular weight excluding hydrogens is 230 g/mol. The highest BCUT2D eigenvalue weighted by Crippen LogP contribution is 1.96. The number of hydrogen-bond donors (Lipinski definition) is 2. The highest BCUT2D eigenvalue weighted by atomic mass is 15.3. The lowest BCUT2D eigenvalue weighted by Crippen LogP contribution is -2.34. The van der Waals surface area contributed by atoms with Crippen LogP contribution in [0.1, 0.15) is 6.42 Å². The summed E-state index contributed by atoms with van der Waals surface area (Å²) in [7, 11) is 0. The van der Waals surface area contributed by atoms with E-state index in [1.807, 2.05) is 15.7 Å². The van der Waals surface area contributed by atoms with E-state index in [2.05, 4.69) is 15.3 Å². The van der Waals surface area contributed by atoms with E-state index in [0.717, 1.165) is 39.1 Å². The molecule has 2 aliphatic heterocycles. The van der Waals surface area contributed by atoms with Gasteiger partial charge in [0.05, 0.1) is 13.1 Å². The zero-order valence-corrected chi connectivity index (χ0v) is 10.4. The molecule has 7 heteroatoms. The highest BCUT2D eigenvalue weighted by Gasteiger charge is 2.11. The molecule has 0 aliphatic carbocycles. The standard InChI is InChI=1S/C11H19N7/c12-10-15-4-8-17(10)6-1-2-14-3-7-18-9-5-16-11(18)13/h5,8,13-14H,1-4,6-7,9H2,(H-,12,15). The van der Waals surface area contributed by atoms with E-state index in [9.17, 15) is 0 Å². The van der Waals surface area contributed by atoms with Gasteiger partial charge in [0, 0.05) is 32.1 Å². The largest absolute Gasteiger partial charge is 0.335 e. The number of nitrogens with zero attached hydrogens (tertiary/aromatic N) is 4. The molecule has 2 aliphatic rings. The van der Waals surface area contributed by atoms with Crippen LogP contribution in [0.5, 0.6) is 0 Å². The van der Waals surface area contributed by atoms with Crippen molar-refractivity contribution in [3.8, 4) is 0 Å². The SMILES string of the molecule is N=C1N=CCN1CCNCCC[N+]1=CCN=C1[NH-]. The first-order chi connectivity index (χ1) is 8.77. The maximum atomic E-state index is 7.52. The lowest BCUT2D eigenvalue weighted by Gasteiger charge is -2.16. The van der Waals surface area contributed by atoms with Crippen molar-refractivity contribution in [1.82, 2.24) is 10.2 Å². The fourth-order valence-electron chi connectivity index (χ4n) is 1.90. The monoisotopic (exact) mass is 249 g/mol. The van der Waals surface area contributed by atoms with Crippen molar-refractivity contribution in [2.45, 2.75) is 6.42 Å². The molecule has 2 rings (SSSR count). The molecule has 0 bridgehead atoms. The molecule has 0 radical (unpaired) electrons. The van der Waals surface area contributed by atoms with Gasteiger partial charge in [-0.15, -0.1) is 0 Å². The first kappa shape index (κ1) is 12.7. The first-order valence-corrected chi connectivity index (χ1v) is 6.20. The van der Waals surface area contributed by atoms with E-state index >= 15 is 0 Å². The van der Waals surface area contributed by atoms with Crippen LogP contribution in [-0.4, -0.2) is 73.1 Å². The van der Waals surface area contributed by atoms with Crippen molar-refractivity contribution in [3.63, 3.8) is 0 Å². The molecule has 98 valence electrons. The molecule has 2 heterocycles. The molecule has 3 N–H and O–H groups in total. The Morgan fingerprint density at radius 1 is 1.50 bits per heavy atom. The van der Waals surface area contributed by atoms with Crippen LogP contribution in [0.4, 0.5) is 0 Å². The number of hydrogen-bond acceptors (Lipinski definition) is 3. The Kier molecular flexibility index (Phi) is 4.40. The average Bonchev–Trinajstić information content (AvgIpc) is 2.94. The van der Waals surface area contributed by atoms with Crippen LogP contribution in [0.15, 0.2) is 9.98 Å². The Balaban J connectivity index is 1.49. The van der Waals surface area contributed by atoms with Crippen LogP contribution in [-0.2, 0) is 0 Å². The summed E-state index contributed by atoms with van der Waals surface area (Å²) in [6.45, 7) is 4.83. The Morgan fingerprint density at radius 3 is 3.06 bits per heavy atom. The second-order valence-corrected chi connectivity index (χ2v) is 4.23.